The maximum Gasteiger partial charge on any atom is 0.333 e. The molecule has 4 nitrogen and oxygen atoms in total. The molecule has 274 valence electrons. The van der Waals surface area contributed by atoms with Gasteiger partial charge in [-0.2, -0.15) is 0 Å². The van der Waals surface area contributed by atoms with Gasteiger partial charge in [-0.05, 0) is 117 Å². The van der Waals surface area contributed by atoms with Gasteiger partial charge in [0.15, 0.2) is 23.0 Å². The molecule has 0 radical (unpaired) electrons. The molecular weight excluding hydrogens is 695 g/mol. The molecule has 0 saturated carbocycles. The number of hydrogen-bond acceptors (Lipinski definition) is 4. The van der Waals surface area contributed by atoms with E-state index in [2.05, 4.69) is 178 Å². The van der Waals surface area contributed by atoms with E-state index in [1.165, 1.54) is 66.6 Å². The zero-order chi connectivity index (χ0) is 38.6. The molecule has 3 heterocycles. The molecule has 0 bridgehead atoms. The first-order chi connectivity index (χ1) is 27.7. The van der Waals surface area contributed by atoms with Crippen LogP contribution in [-0.2, 0) is 5.41 Å². The van der Waals surface area contributed by atoms with E-state index < -0.39 is 0 Å². The number of fused-ring (bicyclic) bond motifs is 8. The van der Waals surface area contributed by atoms with Gasteiger partial charge in [-0.25, -0.2) is 0 Å². The Hall–Kier alpha value is -6.72. The number of para-hydroxylation sites is 2. The summed E-state index contributed by atoms with van der Waals surface area (Å²) in [7, 11) is 0. The topological polar surface area (TPSA) is 24.9 Å². The molecule has 0 spiro atoms. The standard InChI is InChI=1S/C52H41BN2O2/c1-32-27-41-40-25-19-35-15-9-10-16-39(35)51(40)55(38-23-21-37(22-24-38)52(3,4)5)53-42-30-48-49(57-47-18-12-11-17-46(47)56-48)31-44(42)54(45(28-32)50(41)53)43-26-20-36(29-33(43)2)34-13-7-6-8-14-34/h6-31H,1-5H3. The summed E-state index contributed by atoms with van der Waals surface area (Å²) in [4.78, 5) is 5.07. The van der Waals surface area contributed by atoms with Gasteiger partial charge in [0.2, 0.25) is 0 Å². The minimum absolute atomic E-state index is 0.0287. The van der Waals surface area contributed by atoms with E-state index >= 15 is 0 Å². The van der Waals surface area contributed by atoms with Crippen LogP contribution in [0.5, 0.6) is 23.0 Å². The van der Waals surface area contributed by atoms with Gasteiger partial charge in [-0.15, -0.1) is 0 Å². The average Bonchev–Trinajstić information content (AvgIpc) is 3.22. The van der Waals surface area contributed by atoms with Crippen LogP contribution in [0, 0.1) is 13.8 Å². The Morgan fingerprint density at radius 3 is 1.96 bits per heavy atom. The third-order valence-corrected chi connectivity index (χ3v) is 12.0. The third kappa shape index (κ3) is 5.22. The first-order valence-electron chi connectivity index (χ1n) is 19.9. The molecule has 0 atom stereocenters. The van der Waals surface area contributed by atoms with Crippen LogP contribution in [-0.4, -0.2) is 6.85 Å². The monoisotopic (exact) mass is 736 g/mol. The summed E-state index contributed by atoms with van der Waals surface area (Å²) in [5.74, 6) is 2.85. The molecular formula is C52H41BN2O2. The van der Waals surface area contributed by atoms with Crippen LogP contribution >= 0.6 is 0 Å². The minimum atomic E-state index is -0.171. The van der Waals surface area contributed by atoms with Gasteiger partial charge in [-0.3, -0.25) is 0 Å². The highest BCUT2D eigenvalue weighted by atomic mass is 16.6. The van der Waals surface area contributed by atoms with Crippen molar-refractivity contribution in [3.63, 3.8) is 0 Å². The maximum absolute atomic E-state index is 6.69. The van der Waals surface area contributed by atoms with Crippen LogP contribution in [0.3, 0.4) is 0 Å². The van der Waals surface area contributed by atoms with Crippen LogP contribution in [0.1, 0.15) is 37.5 Å². The lowest BCUT2D eigenvalue weighted by molar-refractivity contribution is 0.360. The Kier molecular flexibility index (Phi) is 7.31. The number of anilines is 5. The van der Waals surface area contributed by atoms with Gasteiger partial charge in [0.25, 0.3) is 0 Å². The molecule has 57 heavy (non-hydrogen) atoms. The molecule has 3 aliphatic rings. The smallest absolute Gasteiger partial charge is 0.333 e. The summed E-state index contributed by atoms with van der Waals surface area (Å²) in [6, 6.07) is 57.3. The lowest BCUT2D eigenvalue weighted by Gasteiger charge is -2.46. The highest BCUT2D eigenvalue weighted by Gasteiger charge is 2.47. The van der Waals surface area contributed by atoms with Crippen molar-refractivity contribution in [2.75, 3.05) is 9.71 Å². The van der Waals surface area contributed by atoms with Crippen molar-refractivity contribution in [1.82, 2.24) is 0 Å². The molecule has 0 amide bonds. The summed E-state index contributed by atoms with van der Waals surface area (Å²) in [5, 5.41) is 2.45. The number of rotatable bonds is 3. The first-order valence-corrected chi connectivity index (χ1v) is 19.9. The van der Waals surface area contributed by atoms with Crippen LogP contribution in [0.15, 0.2) is 158 Å². The Bertz CT molecular complexity index is 2930. The molecule has 0 saturated heterocycles. The second kappa shape index (κ2) is 12.4. The SMILES string of the molecule is Cc1cc2c3c(c1)N(c1ccc(-c4ccccc4)cc1C)c1cc4c(cc1B3N(c1ccc(C(C)(C)C)cc1)c1c-2ccc2ccccc12)Oc1ccccc1O4. The lowest BCUT2D eigenvalue weighted by atomic mass is 9.43. The highest BCUT2D eigenvalue weighted by Crippen LogP contribution is 2.53. The van der Waals surface area contributed by atoms with Crippen molar-refractivity contribution in [3.05, 3.63) is 174 Å². The van der Waals surface area contributed by atoms with Crippen molar-refractivity contribution in [3.8, 4) is 45.3 Å². The molecule has 0 fully saturated rings. The number of hydrogen-bond donors (Lipinski definition) is 0. The van der Waals surface area contributed by atoms with E-state index in [4.69, 9.17) is 9.47 Å². The molecule has 11 rings (SSSR count). The van der Waals surface area contributed by atoms with Crippen molar-refractivity contribution < 1.29 is 9.47 Å². The Morgan fingerprint density at radius 1 is 0.526 bits per heavy atom. The second-order valence-electron chi connectivity index (χ2n) is 16.7. The van der Waals surface area contributed by atoms with Gasteiger partial charge in [0.05, 0.1) is 0 Å². The fraction of sp³-hybridized carbons (Fsp3) is 0.115. The van der Waals surface area contributed by atoms with Gasteiger partial charge in [0.1, 0.15) is 0 Å². The Balaban J connectivity index is 1.22. The van der Waals surface area contributed by atoms with Gasteiger partial charge >= 0.3 is 6.85 Å². The quantitative estimate of drug-likeness (QED) is 0.169. The second-order valence-corrected chi connectivity index (χ2v) is 16.7. The number of aryl methyl sites for hydroxylation is 2. The molecule has 0 aromatic heterocycles. The van der Waals surface area contributed by atoms with Gasteiger partial charge in [0, 0.05) is 45.5 Å². The number of ether oxygens (including phenoxy) is 2. The van der Waals surface area contributed by atoms with Gasteiger partial charge < -0.3 is 19.2 Å². The zero-order valence-corrected chi connectivity index (χ0v) is 32.8. The van der Waals surface area contributed by atoms with E-state index in [-0.39, 0.29) is 12.3 Å². The summed E-state index contributed by atoms with van der Waals surface area (Å²) in [6.07, 6.45) is 0. The molecule has 0 aliphatic carbocycles. The van der Waals surface area contributed by atoms with Crippen molar-refractivity contribution >= 4 is 57.0 Å². The molecule has 3 aliphatic heterocycles. The number of nitrogens with zero attached hydrogens (tertiary/aromatic N) is 2. The van der Waals surface area contributed by atoms with Crippen molar-refractivity contribution in [2.24, 2.45) is 0 Å². The fourth-order valence-corrected chi connectivity index (χ4v) is 9.26. The molecule has 0 N–H and O–H groups in total. The first kappa shape index (κ1) is 33.6. The summed E-state index contributed by atoms with van der Waals surface area (Å²) < 4.78 is 13.4. The third-order valence-electron chi connectivity index (χ3n) is 12.0. The van der Waals surface area contributed by atoms with Crippen LogP contribution < -0.4 is 30.1 Å². The summed E-state index contributed by atoms with van der Waals surface area (Å²) in [5.41, 5.74) is 16.8. The van der Waals surface area contributed by atoms with Crippen LogP contribution in [0.2, 0.25) is 0 Å². The predicted octanol–water partition coefficient (Wildman–Crippen LogP) is 13.0. The van der Waals surface area contributed by atoms with E-state index in [1.54, 1.807) is 0 Å². The van der Waals surface area contributed by atoms with E-state index in [9.17, 15) is 0 Å². The molecule has 8 aromatic carbocycles. The lowest BCUT2D eigenvalue weighted by Crippen LogP contribution is -2.61. The summed E-state index contributed by atoms with van der Waals surface area (Å²) >= 11 is 0. The van der Waals surface area contributed by atoms with E-state index in [0.29, 0.717) is 17.2 Å². The molecule has 8 aromatic rings. The van der Waals surface area contributed by atoms with E-state index in [1.807, 2.05) is 24.3 Å². The Labute approximate surface area is 334 Å². The maximum atomic E-state index is 6.69. The normalized spacial score (nSPS) is 13.5. The van der Waals surface area contributed by atoms with E-state index in [0.717, 1.165) is 28.3 Å². The van der Waals surface area contributed by atoms with Crippen LogP contribution in [0.25, 0.3) is 33.0 Å². The van der Waals surface area contributed by atoms with Crippen LogP contribution in [0.4, 0.5) is 28.4 Å². The van der Waals surface area contributed by atoms with Crippen molar-refractivity contribution in [2.45, 2.75) is 40.0 Å². The summed E-state index contributed by atoms with van der Waals surface area (Å²) in [6.45, 7) is 11.1. The fourth-order valence-electron chi connectivity index (χ4n) is 9.26. The molecule has 5 heteroatoms. The predicted molar refractivity (Wildman–Crippen MR) is 238 cm³/mol. The van der Waals surface area contributed by atoms with Gasteiger partial charge in [-0.1, -0.05) is 124 Å². The molecule has 0 unspecified atom stereocenters. The highest BCUT2D eigenvalue weighted by molar-refractivity contribution is 6.94. The van der Waals surface area contributed by atoms with Crippen molar-refractivity contribution in [1.29, 1.82) is 0 Å². The largest absolute Gasteiger partial charge is 0.450 e. The Morgan fingerprint density at radius 2 is 1.23 bits per heavy atom. The zero-order valence-electron chi connectivity index (χ0n) is 32.8. The number of benzene rings is 8. The average molecular weight is 737 g/mol. The minimum Gasteiger partial charge on any atom is -0.450 e.